The summed E-state index contributed by atoms with van der Waals surface area (Å²) in [6, 6.07) is 13.7. The minimum absolute atomic E-state index is 0.363. The van der Waals surface area contributed by atoms with Crippen molar-refractivity contribution in [3.63, 3.8) is 0 Å². The lowest BCUT2D eigenvalue weighted by Gasteiger charge is -2.14. The van der Waals surface area contributed by atoms with Gasteiger partial charge in [0.15, 0.2) is 17.3 Å². The van der Waals surface area contributed by atoms with Crippen LogP contribution in [0.4, 0.5) is 10.1 Å². The molecule has 0 spiro atoms. The third kappa shape index (κ3) is 4.00. The van der Waals surface area contributed by atoms with E-state index in [0.29, 0.717) is 47.5 Å². The van der Waals surface area contributed by atoms with Gasteiger partial charge in [0.2, 0.25) is 0 Å². The number of halogens is 1. The molecule has 3 aromatic rings. The molecule has 2 heterocycles. The third-order valence-electron chi connectivity index (χ3n) is 4.47. The Morgan fingerprint density at radius 1 is 0.933 bits per heavy atom. The number of hydrogen-bond acceptors (Lipinski definition) is 6. The van der Waals surface area contributed by atoms with Gasteiger partial charge in [-0.25, -0.2) is 9.38 Å². The number of rotatable bonds is 6. The van der Waals surface area contributed by atoms with Crippen molar-refractivity contribution in [2.45, 2.75) is 13.8 Å². The molecule has 0 amide bonds. The Morgan fingerprint density at radius 3 is 2.53 bits per heavy atom. The Labute approximate surface area is 174 Å². The van der Waals surface area contributed by atoms with Crippen molar-refractivity contribution < 1.29 is 13.9 Å². The second-order valence-electron chi connectivity index (χ2n) is 6.46. The second kappa shape index (κ2) is 8.73. The molecular formula is C23H21FN4O2. The molecule has 0 bridgehead atoms. The summed E-state index contributed by atoms with van der Waals surface area (Å²) in [5.74, 6) is 1.42. The monoisotopic (exact) mass is 404 g/mol. The van der Waals surface area contributed by atoms with Gasteiger partial charge in [-0.3, -0.25) is 10.4 Å². The van der Waals surface area contributed by atoms with Crippen molar-refractivity contribution in [1.82, 2.24) is 10.4 Å². The van der Waals surface area contributed by atoms with E-state index in [1.165, 1.54) is 12.1 Å². The molecule has 7 heteroatoms. The zero-order valence-corrected chi connectivity index (χ0v) is 16.7. The standard InChI is InChI=1S/C23H21FN4O2/c1-3-29-20-10-7-15(12-21(20)30-4-2)22-18-13-17(24)8-9-19(18)26-23(28-27-22)16-6-5-11-25-14-16/h5-14H,3-4H2,1-2H3,(H,26,28). The first-order valence-electron chi connectivity index (χ1n) is 9.72. The van der Waals surface area contributed by atoms with E-state index in [-0.39, 0.29) is 5.82 Å². The van der Waals surface area contributed by atoms with Crippen molar-refractivity contribution in [2.24, 2.45) is 10.1 Å². The first-order chi connectivity index (χ1) is 14.7. The molecule has 0 saturated carbocycles. The van der Waals surface area contributed by atoms with E-state index < -0.39 is 0 Å². The number of benzene rings is 2. The van der Waals surface area contributed by atoms with Gasteiger partial charge < -0.3 is 9.47 Å². The average Bonchev–Trinajstić information content (AvgIpc) is 2.95. The zero-order chi connectivity index (χ0) is 20.9. The van der Waals surface area contributed by atoms with Crippen molar-refractivity contribution in [3.05, 3.63) is 83.4 Å². The van der Waals surface area contributed by atoms with Crippen LogP contribution in [0.2, 0.25) is 0 Å². The summed E-state index contributed by atoms with van der Waals surface area (Å²) in [6.45, 7) is 4.84. The van der Waals surface area contributed by atoms with Crippen LogP contribution in [-0.4, -0.2) is 29.7 Å². The molecule has 152 valence electrons. The lowest BCUT2D eigenvalue weighted by molar-refractivity contribution is 0.287. The van der Waals surface area contributed by atoms with Crippen LogP contribution in [0.3, 0.4) is 0 Å². The zero-order valence-electron chi connectivity index (χ0n) is 16.7. The molecule has 0 saturated heterocycles. The van der Waals surface area contributed by atoms with E-state index >= 15 is 0 Å². The van der Waals surface area contributed by atoms with E-state index in [2.05, 4.69) is 20.5 Å². The van der Waals surface area contributed by atoms with E-state index in [0.717, 1.165) is 11.1 Å². The summed E-state index contributed by atoms with van der Waals surface area (Å²) in [4.78, 5) is 8.80. The number of aromatic nitrogens is 1. The summed E-state index contributed by atoms with van der Waals surface area (Å²) in [5, 5.41) is 4.56. The molecule has 1 aromatic heterocycles. The van der Waals surface area contributed by atoms with Crippen molar-refractivity contribution in [2.75, 3.05) is 13.2 Å². The van der Waals surface area contributed by atoms with Crippen LogP contribution in [0, 0.1) is 5.82 Å². The summed E-state index contributed by atoms with van der Waals surface area (Å²) in [6.07, 6.45) is 3.38. The number of fused-ring (bicyclic) bond motifs is 1. The Balaban J connectivity index is 1.82. The number of hydrogen-bond donors (Lipinski definition) is 1. The largest absolute Gasteiger partial charge is 0.490 e. The van der Waals surface area contributed by atoms with Crippen molar-refractivity contribution >= 4 is 17.2 Å². The van der Waals surface area contributed by atoms with Crippen molar-refractivity contribution in [1.29, 1.82) is 0 Å². The van der Waals surface area contributed by atoms with Gasteiger partial charge in [0.05, 0.1) is 18.9 Å². The summed E-state index contributed by atoms with van der Waals surface area (Å²) in [5.41, 5.74) is 6.27. The highest BCUT2D eigenvalue weighted by Gasteiger charge is 2.19. The number of ether oxygens (including phenoxy) is 2. The Bertz CT molecular complexity index is 1110. The predicted octanol–water partition coefficient (Wildman–Crippen LogP) is 4.45. The number of pyridine rings is 1. The number of amidine groups is 1. The molecule has 2 aromatic carbocycles. The van der Waals surface area contributed by atoms with Crippen LogP contribution < -0.4 is 14.9 Å². The second-order valence-corrected chi connectivity index (χ2v) is 6.46. The highest BCUT2D eigenvalue weighted by Crippen LogP contribution is 2.32. The Morgan fingerprint density at radius 2 is 1.77 bits per heavy atom. The van der Waals surface area contributed by atoms with E-state index in [1.54, 1.807) is 18.5 Å². The minimum atomic E-state index is -0.363. The lowest BCUT2D eigenvalue weighted by Crippen LogP contribution is -2.19. The summed E-state index contributed by atoms with van der Waals surface area (Å²) < 4.78 is 25.5. The van der Waals surface area contributed by atoms with Gasteiger partial charge in [0.1, 0.15) is 11.5 Å². The van der Waals surface area contributed by atoms with Crippen LogP contribution in [-0.2, 0) is 0 Å². The molecule has 0 unspecified atom stereocenters. The molecule has 0 radical (unpaired) electrons. The number of nitrogens with zero attached hydrogens (tertiary/aromatic N) is 3. The predicted molar refractivity (Wildman–Crippen MR) is 114 cm³/mol. The molecule has 4 rings (SSSR count). The maximum Gasteiger partial charge on any atom is 0.161 e. The molecular weight excluding hydrogens is 383 g/mol. The lowest BCUT2D eigenvalue weighted by atomic mass is 10.00. The molecule has 0 aliphatic carbocycles. The topological polar surface area (TPSA) is 68.1 Å². The van der Waals surface area contributed by atoms with Gasteiger partial charge in [-0.15, -0.1) is 0 Å². The van der Waals surface area contributed by atoms with Crippen molar-refractivity contribution in [3.8, 4) is 11.5 Å². The summed E-state index contributed by atoms with van der Waals surface area (Å²) >= 11 is 0. The fourth-order valence-electron chi connectivity index (χ4n) is 3.16. The molecule has 1 aliphatic heterocycles. The van der Waals surface area contributed by atoms with Crippen LogP contribution in [0.1, 0.15) is 30.5 Å². The van der Waals surface area contributed by atoms with Gasteiger partial charge in [-0.1, -0.05) is 0 Å². The first-order valence-corrected chi connectivity index (χ1v) is 9.72. The average molecular weight is 404 g/mol. The van der Waals surface area contributed by atoms with E-state index in [1.807, 2.05) is 44.2 Å². The van der Waals surface area contributed by atoms with Gasteiger partial charge in [0, 0.05) is 29.1 Å². The van der Waals surface area contributed by atoms with Gasteiger partial charge in [-0.2, -0.15) is 5.10 Å². The fourth-order valence-corrected chi connectivity index (χ4v) is 3.16. The fraction of sp³-hybridized carbons (Fsp3) is 0.174. The van der Waals surface area contributed by atoms with E-state index in [4.69, 9.17) is 9.47 Å². The quantitative estimate of drug-likeness (QED) is 0.659. The maximum atomic E-state index is 14.1. The smallest absolute Gasteiger partial charge is 0.161 e. The number of nitrogens with one attached hydrogen (secondary N) is 1. The van der Waals surface area contributed by atoms with Gasteiger partial charge >= 0.3 is 0 Å². The van der Waals surface area contributed by atoms with Crippen LogP contribution in [0.5, 0.6) is 11.5 Å². The number of aliphatic imine (C=N–C) groups is 1. The molecule has 0 atom stereocenters. The van der Waals surface area contributed by atoms with Crippen LogP contribution >= 0.6 is 0 Å². The van der Waals surface area contributed by atoms with Gasteiger partial charge in [0.25, 0.3) is 0 Å². The van der Waals surface area contributed by atoms with Crippen LogP contribution in [0.15, 0.2) is 71.0 Å². The molecule has 1 N–H and O–H groups in total. The molecule has 30 heavy (non-hydrogen) atoms. The summed E-state index contributed by atoms with van der Waals surface area (Å²) in [7, 11) is 0. The molecule has 1 aliphatic rings. The third-order valence-corrected chi connectivity index (χ3v) is 4.47. The normalized spacial score (nSPS) is 12.8. The Kier molecular flexibility index (Phi) is 5.70. The highest BCUT2D eigenvalue weighted by atomic mass is 19.1. The SMILES string of the molecule is CCOc1ccc(C2=NNC(c3cccnc3)=Nc3ccc(F)cc32)cc1OCC. The van der Waals surface area contributed by atoms with E-state index in [9.17, 15) is 4.39 Å². The maximum absolute atomic E-state index is 14.1. The van der Waals surface area contributed by atoms with Gasteiger partial charge in [-0.05, 0) is 62.4 Å². The van der Waals surface area contributed by atoms with Crippen LogP contribution in [0.25, 0.3) is 0 Å². The molecule has 6 nitrogen and oxygen atoms in total. The highest BCUT2D eigenvalue weighted by molar-refractivity contribution is 6.18. The minimum Gasteiger partial charge on any atom is -0.490 e. The Hall–Kier alpha value is -3.74. The number of hydrazone groups is 1. The molecule has 0 fully saturated rings. The first kappa shape index (κ1) is 19.6.